The smallest absolute Gasteiger partial charge is 0.0900 e. The minimum atomic E-state index is -0.445. The Labute approximate surface area is 150 Å². The van der Waals surface area contributed by atoms with Crippen molar-refractivity contribution < 1.29 is 9.84 Å². The fourth-order valence-electron chi connectivity index (χ4n) is 2.73. The summed E-state index contributed by atoms with van der Waals surface area (Å²) >= 11 is 6.10. The van der Waals surface area contributed by atoms with Crippen molar-refractivity contribution >= 4 is 29.7 Å². The van der Waals surface area contributed by atoms with E-state index in [0.29, 0.717) is 19.8 Å². The van der Waals surface area contributed by atoms with Gasteiger partial charge in [0.2, 0.25) is 0 Å². The molecule has 1 aromatic rings. The van der Waals surface area contributed by atoms with Crippen LogP contribution in [0.25, 0.3) is 0 Å². The summed E-state index contributed by atoms with van der Waals surface area (Å²) < 4.78 is 5.29. The van der Waals surface area contributed by atoms with Gasteiger partial charge in [-0.25, -0.2) is 0 Å². The molecule has 1 aromatic carbocycles. The van der Waals surface area contributed by atoms with Crippen LogP contribution in [0.1, 0.15) is 5.56 Å². The summed E-state index contributed by atoms with van der Waals surface area (Å²) in [6.45, 7) is 11.0. The number of hydrogen-bond donors (Lipinski definition) is 1. The van der Waals surface area contributed by atoms with E-state index in [1.807, 2.05) is 12.1 Å². The molecule has 1 unspecified atom stereocenters. The normalized spacial score (nSPS) is 16.7. The Morgan fingerprint density at radius 2 is 2.04 bits per heavy atom. The number of hydrogen-bond acceptors (Lipinski definition) is 4. The van der Waals surface area contributed by atoms with Crippen LogP contribution in [0, 0.1) is 6.92 Å². The molecule has 1 atom stereocenters. The second-order valence-corrected chi connectivity index (χ2v) is 6.13. The predicted molar refractivity (Wildman–Crippen MR) is 99.1 cm³/mol. The molecule has 4 nitrogen and oxygen atoms in total. The van der Waals surface area contributed by atoms with Crippen molar-refractivity contribution in [3.05, 3.63) is 41.4 Å². The number of aryl methyl sites for hydroxylation is 1. The minimum Gasteiger partial charge on any atom is -0.389 e. The van der Waals surface area contributed by atoms with Crippen LogP contribution in [0.3, 0.4) is 0 Å². The summed E-state index contributed by atoms with van der Waals surface area (Å²) in [4.78, 5) is 4.64. The lowest BCUT2D eigenvalue weighted by molar-refractivity contribution is 0.0252. The number of aliphatic hydroxyl groups excluding tert-OH is 1. The largest absolute Gasteiger partial charge is 0.389 e. The van der Waals surface area contributed by atoms with Crippen LogP contribution < -0.4 is 4.90 Å². The first-order valence-electron chi connectivity index (χ1n) is 7.70. The molecule has 1 fully saturated rings. The van der Waals surface area contributed by atoms with Gasteiger partial charge in [0.25, 0.3) is 0 Å². The van der Waals surface area contributed by atoms with Gasteiger partial charge in [-0.1, -0.05) is 23.7 Å². The highest BCUT2D eigenvalue weighted by atomic mass is 35.5. The molecule has 0 bridgehead atoms. The molecular weight excluding hydrogens is 335 g/mol. The third kappa shape index (κ3) is 6.32. The van der Waals surface area contributed by atoms with E-state index < -0.39 is 6.10 Å². The zero-order chi connectivity index (χ0) is 15.9. The van der Waals surface area contributed by atoms with Crippen LogP contribution in [-0.4, -0.2) is 62.0 Å². The average molecular weight is 361 g/mol. The Morgan fingerprint density at radius 1 is 1.35 bits per heavy atom. The van der Waals surface area contributed by atoms with Crippen molar-refractivity contribution in [2.45, 2.75) is 13.0 Å². The fourth-order valence-corrected chi connectivity index (χ4v) is 2.90. The first kappa shape index (κ1) is 20.3. The molecule has 0 saturated carbocycles. The number of benzene rings is 1. The molecule has 130 valence electrons. The first-order valence-corrected chi connectivity index (χ1v) is 8.08. The third-order valence-electron chi connectivity index (χ3n) is 3.90. The second-order valence-electron chi connectivity index (χ2n) is 5.70. The van der Waals surface area contributed by atoms with Gasteiger partial charge in [0.15, 0.2) is 0 Å². The molecular formula is C17H26Cl2N2O2. The van der Waals surface area contributed by atoms with Crippen LogP contribution in [-0.2, 0) is 4.74 Å². The van der Waals surface area contributed by atoms with Gasteiger partial charge in [-0.2, -0.15) is 0 Å². The number of halogens is 2. The van der Waals surface area contributed by atoms with Crippen LogP contribution in [0.15, 0.2) is 30.9 Å². The van der Waals surface area contributed by atoms with Gasteiger partial charge in [0, 0.05) is 43.4 Å². The number of aliphatic hydroxyl groups is 1. The molecule has 0 aromatic heterocycles. The van der Waals surface area contributed by atoms with Crippen LogP contribution in [0.5, 0.6) is 0 Å². The standard InChI is InChI=1S/C17H25ClN2O2.ClH/c1-3-10-22-13-16(21)12-19-6-8-20(9-7-19)17-11-15(18)5-4-14(17)2;/h3-5,11,16,21H,1,6-10,12-13H2,2H3;1H. The summed E-state index contributed by atoms with van der Waals surface area (Å²) in [7, 11) is 0. The zero-order valence-corrected chi connectivity index (χ0v) is 15.2. The molecule has 1 heterocycles. The van der Waals surface area contributed by atoms with E-state index in [0.717, 1.165) is 31.2 Å². The molecule has 0 aliphatic carbocycles. The molecule has 2 rings (SSSR count). The van der Waals surface area contributed by atoms with Crippen molar-refractivity contribution in [1.29, 1.82) is 0 Å². The van der Waals surface area contributed by atoms with Crippen molar-refractivity contribution in [2.24, 2.45) is 0 Å². The second kappa shape index (κ2) is 10.2. The molecule has 0 radical (unpaired) electrons. The Bertz CT molecular complexity index is 491. The van der Waals surface area contributed by atoms with Gasteiger partial charge >= 0.3 is 0 Å². The summed E-state index contributed by atoms with van der Waals surface area (Å²) in [5.74, 6) is 0. The molecule has 23 heavy (non-hydrogen) atoms. The minimum absolute atomic E-state index is 0. The van der Waals surface area contributed by atoms with Gasteiger partial charge in [0.1, 0.15) is 0 Å². The highest BCUT2D eigenvalue weighted by molar-refractivity contribution is 6.30. The monoisotopic (exact) mass is 360 g/mol. The van der Waals surface area contributed by atoms with Crippen LogP contribution >= 0.6 is 24.0 Å². The summed E-state index contributed by atoms with van der Waals surface area (Å²) in [6, 6.07) is 6.02. The molecule has 0 amide bonds. The van der Waals surface area contributed by atoms with Gasteiger partial charge in [-0.3, -0.25) is 4.90 Å². The summed E-state index contributed by atoms with van der Waals surface area (Å²) in [5.41, 5.74) is 2.46. The SMILES string of the molecule is C=CCOCC(O)CN1CCN(c2cc(Cl)ccc2C)CC1.Cl. The van der Waals surface area contributed by atoms with Gasteiger partial charge in [-0.05, 0) is 24.6 Å². The third-order valence-corrected chi connectivity index (χ3v) is 4.13. The predicted octanol–water partition coefficient (Wildman–Crippen LogP) is 2.76. The molecule has 0 spiro atoms. The average Bonchev–Trinajstić information content (AvgIpc) is 2.51. The van der Waals surface area contributed by atoms with Gasteiger partial charge in [0.05, 0.1) is 19.3 Å². The van der Waals surface area contributed by atoms with Gasteiger partial charge in [-0.15, -0.1) is 19.0 Å². The number of β-amino-alcohol motifs (C(OH)–C–C–N with tert-alkyl or cyclic N) is 1. The number of nitrogens with zero attached hydrogens (tertiary/aromatic N) is 2. The topological polar surface area (TPSA) is 35.9 Å². The molecule has 1 aliphatic rings. The number of ether oxygens (including phenoxy) is 1. The zero-order valence-electron chi connectivity index (χ0n) is 13.6. The summed E-state index contributed by atoms with van der Waals surface area (Å²) in [6.07, 6.45) is 1.25. The number of piperazine rings is 1. The van der Waals surface area contributed by atoms with E-state index in [1.54, 1.807) is 6.08 Å². The Kier molecular flexibility index (Phi) is 8.95. The maximum Gasteiger partial charge on any atom is 0.0900 e. The Balaban J connectivity index is 0.00000264. The van der Waals surface area contributed by atoms with Crippen molar-refractivity contribution in [2.75, 3.05) is 50.8 Å². The van der Waals surface area contributed by atoms with E-state index in [1.165, 1.54) is 11.3 Å². The lowest BCUT2D eigenvalue weighted by Gasteiger charge is -2.37. The van der Waals surface area contributed by atoms with Crippen molar-refractivity contribution in [3.8, 4) is 0 Å². The fraction of sp³-hybridized carbons (Fsp3) is 0.529. The van der Waals surface area contributed by atoms with E-state index in [4.69, 9.17) is 16.3 Å². The van der Waals surface area contributed by atoms with Crippen molar-refractivity contribution in [3.63, 3.8) is 0 Å². The Hall–Kier alpha value is -0.780. The molecule has 1 aliphatic heterocycles. The first-order chi connectivity index (χ1) is 10.6. The number of rotatable bonds is 7. The molecule has 1 saturated heterocycles. The van der Waals surface area contributed by atoms with Crippen LogP contribution in [0.2, 0.25) is 5.02 Å². The lowest BCUT2D eigenvalue weighted by atomic mass is 10.1. The molecule has 1 N–H and O–H groups in total. The summed E-state index contributed by atoms with van der Waals surface area (Å²) in [5, 5.41) is 10.7. The van der Waals surface area contributed by atoms with Gasteiger partial charge < -0.3 is 14.7 Å². The maximum atomic E-state index is 9.96. The lowest BCUT2D eigenvalue weighted by Crippen LogP contribution is -2.49. The molecule has 6 heteroatoms. The van der Waals surface area contributed by atoms with E-state index in [-0.39, 0.29) is 12.4 Å². The van der Waals surface area contributed by atoms with E-state index >= 15 is 0 Å². The maximum absolute atomic E-state index is 9.96. The Morgan fingerprint density at radius 3 is 2.70 bits per heavy atom. The quantitative estimate of drug-likeness (QED) is 0.599. The number of anilines is 1. The van der Waals surface area contributed by atoms with Crippen LogP contribution in [0.4, 0.5) is 5.69 Å². The van der Waals surface area contributed by atoms with Crippen molar-refractivity contribution in [1.82, 2.24) is 4.90 Å². The highest BCUT2D eigenvalue weighted by Gasteiger charge is 2.20. The van der Waals surface area contributed by atoms with E-state index in [2.05, 4.69) is 29.4 Å². The highest BCUT2D eigenvalue weighted by Crippen LogP contribution is 2.25. The van der Waals surface area contributed by atoms with E-state index in [9.17, 15) is 5.11 Å².